The van der Waals surface area contributed by atoms with Crippen molar-refractivity contribution in [2.75, 3.05) is 38.7 Å². The summed E-state index contributed by atoms with van der Waals surface area (Å²) in [5.74, 6) is 1.07. The Hall–Kier alpha value is -3.64. The number of carbonyl (C=O) groups is 1. The number of methoxy groups -OCH3 is 1. The van der Waals surface area contributed by atoms with Gasteiger partial charge >= 0.3 is 6.01 Å². The van der Waals surface area contributed by atoms with Crippen molar-refractivity contribution < 1.29 is 31.8 Å². The number of hydrogen-bond donors (Lipinski definition) is 1. The zero-order chi connectivity index (χ0) is 24.4. The first-order chi connectivity index (χ1) is 16.9. The van der Waals surface area contributed by atoms with Gasteiger partial charge in [-0.25, -0.2) is 8.42 Å². The molecule has 1 aromatic heterocycles. The maximum absolute atomic E-state index is 13.1. The number of ether oxygens (including phenoxy) is 3. The number of piperidine rings is 1. The fourth-order valence-electron chi connectivity index (χ4n) is 4.05. The second-order valence-electron chi connectivity index (χ2n) is 8.14. The average Bonchev–Trinajstić information content (AvgIpc) is 3.37. The van der Waals surface area contributed by atoms with Crippen molar-refractivity contribution in [3.05, 3.63) is 42.5 Å². The van der Waals surface area contributed by atoms with Crippen LogP contribution in [0.3, 0.4) is 0 Å². The molecule has 0 radical (unpaired) electrons. The molecule has 12 heteroatoms. The number of nitrogens with one attached hydrogen (secondary N) is 1. The predicted octanol–water partition coefficient (Wildman–Crippen LogP) is 2.56. The lowest BCUT2D eigenvalue weighted by molar-refractivity contribution is -0.121. The molecule has 11 nitrogen and oxygen atoms in total. The van der Waals surface area contributed by atoms with E-state index >= 15 is 0 Å². The highest BCUT2D eigenvalue weighted by atomic mass is 32.2. The number of rotatable bonds is 6. The molecule has 1 atom stereocenters. The van der Waals surface area contributed by atoms with Crippen molar-refractivity contribution >= 4 is 21.9 Å². The summed E-state index contributed by atoms with van der Waals surface area (Å²) >= 11 is 0. The normalized spacial score (nSPS) is 18.1. The van der Waals surface area contributed by atoms with Gasteiger partial charge in [-0.1, -0.05) is 5.10 Å². The minimum atomic E-state index is -3.74. The molecule has 0 saturated carbocycles. The van der Waals surface area contributed by atoms with E-state index < -0.39 is 15.9 Å². The second-order valence-corrected chi connectivity index (χ2v) is 10.1. The van der Waals surface area contributed by atoms with Gasteiger partial charge in [-0.2, -0.15) is 4.31 Å². The average molecular weight is 501 g/mol. The van der Waals surface area contributed by atoms with Crippen LogP contribution in [0.2, 0.25) is 0 Å². The molecule has 0 spiro atoms. The number of anilines is 1. The van der Waals surface area contributed by atoms with Crippen LogP contribution in [-0.4, -0.2) is 62.2 Å². The van der Waals surface area contributed by atoms with Gasteiger partial charge < -0.3 is 18.6 Å². The molecule has 0 aliphatic carbocycles. The number of aromatic nitrogens is 2. The SMILES string of the molecule is COc1ccc(S(=O)(=O)N2CCCC(C(=O)Nc3nnc(-c4ccc5c(c4)OCCO5)o3)C2)cc1. The smallest absolute Gasteiger partial charge is 0.322 e. The summed E-state index contributed by atoms with van der Waals surface area (Å²) in [7, 11) is -2.23. The first kappa shape index (κ1) is 23.1. The summed E-state index contributed by atoms with van der Waals surface area (Å²) in [5.41, 5.74) is 0.622. The van der Waals surface area contributed by atoms with E-state index in [4.69, 9.17) is 18.6 Å². The summed E-state index contributed by atoms with van der Waals surface area (Å²) < 4.78 is 49.3. The number of fused-ring (bicyclic) bond motifs is 1. The number of amides is 1. The topological polar surface area (TPSA) is 133 Å². The first-order valence-electron chi connectivity index (χ1n) is 11.1. The van der Waals surface area contributed by atoms with Crippen LogP contribution in [0, 0.1) is 5.92 Å². The third-order valence-electron chi connectivity index (χ3n) is 5.90. The summed E-state index contributed by atoms with van der Waals surface area (Å²) in [5, 5.41) is 10.5. The van der Waals surface area contributed by atoms with Crippen LogP contribution >= 0.6 is 0 Å². The first-order valence-corrected chi connectivity index (χ1v) is 12.6. The number of benzene rings is 2. The molecule has 2 aromatic carbocycles. The molecule has 2 aliphatic heterocycles. The summed E-state index contributed by atoms with van der Waals surface area (Å²) in [6, 6.07) is 11.4. The summed E-state index contributed by atoms with van der Waals surface area (Å²) in [6.07, 6.45) is 1.10. The Kier molecular flexibility index (Phi) is 6.31. The third kappa shape index (κ3) is 4.80. The third-order valence-corrected chi connectivity index (χ3v) is 7.78. The van der Waals surface area contributed by atoms with E-state index in [1.54, 1.807) is 30.3 Å². The zero-order valence-electron chi connectivity index (χ0n) is 19.0. The van der Waals surface area contributed by atoms with E-state index in [0.29, 0.717) is 55.4 Å². The Morgan fingerprint density at radius 1 is 1.09 bits per heavy atom. The minimum Gasteiger partial charge on any atom is -0.497 e. The quantitative estimate of drug-likeness (QED) is 0.542. The summed E-state index contributed by atoms with van der Waals surface area (Å²) in [6.45, 7) is 1.34. The van der Waals surface area contributed by atoms with Crippen LogP contribution < -0.4 is 19.5 Å². The molecule has 1 saturated heterocycles. The molecule has 1 N–H and O–H groups in total. The largest absolute Gasteiger partial charge is 0.497 e. The molecular formula is C23H24N4O7S. The Morgan fingerprint density at radius 2 is 1.86 bits per heavy atom. The van der Waals surface area contributed by atoms with Crippen LogP contribution in [0.15, 0.2) is 51.8 Å². The van der Waals surface area contributed by atoms with Gasteiger partial charge in [-0.15, -0.1) is 5.10 Å². The van der Waals surface area contributed by atoms with E-state index in [-0.39, 0.29) is 29.3 Å². The number of nitrogens with zero attached hydrogens (tertiary/aromatic N) is 3. The van der Waals surface area contributed by atoms with Crippen molar-refractivity contribution in [3.63, 3.8) is 0 Å². The van der Waals surface area contributed by atoms with Crippen molar-refractivity contribution in [1.82, 2.24) is 14.5 Å². The van der Waals surface area contributed by atoms with Crippen molar-refractivity contribution in [1.29, 1.82) is 0 Å². The molecule has 1 unspecified atom stereocenters. The minimum absolute atomic E-state index is 0.0589. The molecule has 35 heavy (non-hydrogen) atoms. The van der Waals surface area contributed by atoms with E-state index in [1.807, 2.05) is 0 Å². The maximum atomic E-state index is 13.1. The van der Waals surface area contributed by atoms with Gasteiger partial charge in [0.2, 0.25) is 21.8 Å². The molecule has 1 fully saturated rings. The molecular weight excluding hydrogens is 476 g/mol. The fourth-order valence-corrected chi connectivity index (χ4v) is 5.57. The van der Waals surface area contributed by atoms with Gasteiger partial charge in [0.25, 0.3) is 0 Å². The lowest BCUT2D eigenvalue weighted by Gasteiger charge is -2.30. The van der Waals surface area contributed by atoms with Crippen molar-refractivity contribution in [2.45, 2.75) is 17.7 Å². The number of sulfonamides is 1. The molecule has 5 rings (SSSR count). The van der Waals surface area contributed by atoms with Crippen molar-refractivity contribution in [3.8, 4) is 28.7 Å². The highest BCUT2D eigenvalue weighted by Crippen LogP contribution is 2.34. The highest BCUT2D eigenvalue weighted by Gasteiger charge is 2.34. The lowest BCUT2D eigenvalue weighted by atomic mass is 9.99. The molecule has 2 aliphatic rings. The highest BCUT2D eigenvalue weighted by molar-refractivity contribution is 7.89. The van der Waals surface area contributed by atoms with Crippen LogP contribution in [0.1, 0.15) is 12.8 Å². The Bertz CT molecular complexity index is 1320. The van der Waals surface area contributed by atoms with Gasteiger partial charge in [-0.3, -0.25) is 10.1 Å². The van der Waals surface area contributed by atoms with Crippen LogP contribution in [0.25, 0.3) is 11.5 Å². The Morgan fingerprint density at radius 3 is 2.63 bits per heavy atom. The van der Waals surface area contributed by atoms with Crippen LogP contribution in [0.5, 0.6) is 17.2 Å². The monoisotopic (exact) mass is 500 g/mol. The molecule has 1 amide bonds. The molecule has 0 bridgehead atoms. The standard InChI is InChI=1S/C23H24N4O7S/c1-31-17-5-7-18(8-6-17)35(29,30)27-10-2-3-16(14-27)21(28)24-23-26-25-22(34-23)15-4-9-19-20(13-15)33-12-11-32-19/h4-9,13,16H,2-3,10-12,14H2,1H3,(H,24,26,28). The number of hydrogen-bond acceptors (Lipinski definition) is 9. The van der Waals surface area contributed by atoms with E-state index in [0.717, 1.165) is 0 Å². The van der Waals surface area contributed by atoms with Crippen LogP contribution in [0.4, 0.5) is 6.01 Å². The maximum Gasteiger partial charge on any atom is 0.322 e. The Labute approximate surface area is 202 Å². The summed E-state index contributed by atoms with van der Waals surface area (Å²) in [4.78, 5) is 13.0. The Balaban J connectivity index is 1.25. The second kappa shape index (κ2) is 9.55. The lowest BCUT2D eigenvalue weighted by Crippen LogP contribution is -2.43. The zero-order valence-corrected chi connectivity index (χ0v) is 19.8. The number of carbonyl (C=O) groups excluding carboxylic acids is 1. The van der Waals surface area contributed by atoms with E-state index in [2.05, 4.69) is 15.5 Å². The van der Waals surface area contributed by atoms with Gasteiger partial charge in [-0.05, 0) is 55.3 Å². The predicted molar refractivity (Wildman–Crippen MR) is 124 cm³/mol. The van der Waals surface area contributed by atoms with E-state index in [1.165, 1.54) is 23.5 Å². The molecule has 3 aromatic rings. The van der Waals surface area contributed by atoms with Gasteiger partial charge in [0.1, 0.15) is 19.0 Å². The van der Waals surface area contributed by atoms with Gasteiger partial charge in [0, 0.05) is 18.7 Å². The van der Waals surface area contributed by atoms with Crippen LogP contribution in [-0.2, 0) is 14.8 Å². The molecule has 3 heterocycles. The van der Waals surface area contributed by atoms with Crippen molar-refractivity contribution in [2.24, 2.45) is 5.92 Å². The van der Waals surface area contributed by atoms with E-state index in [9.17, 15) is 13.2 Å². The van der Waals surface area contributed by atoms with Gasteiger partial charge in [0.15, 0.2) is 11.5 Å². The molecule has 184 valence electrons. The van der Waals surface area contributed by atoms with Gasteiger partial charge in [0.05, 0.1) is 17.9 Å². The fraction of sp³-hybridized carbons (Fsp3) is 0.348.